The molecule has 0 aliphatic heterocycles. The van der Waals surface area contributed by atoms with Crippen LogP contribution < -0.4 is 22.1 Å². The number of carbonyl (C=O) groups excluding carboxylic acids is 1. The average molecular weight is 308 g/mol. The molecule has 1 aliphatic rings. The van der Waals surface area contributed by atoms with E-state index in [4.69, 9.17) is 16.6 Å². The number of rotatable bonds is 6. The van der Waals surface area contributed by atoms with Gasteiger partial charge in [-0.25, -0.2) is 4.98 Å². The summed E-state index contributed by atoms with van der Waals surface area (Å²) in [5.74, 6) is 0.752. The van der Waals surface area contributed by atoms with Gasteiger partial charge >= 0.3 is 0 Å². The number of nitrogens with two attached hydrogens (primary N) is 2. The van der Waals surface area contributed by atoms with Gasteiger partial charge < -0.3 is 27.2 Å². The van der Waals surface area contributed by atoms with Gasteiger partial charge in [-0.1, -0.05) is 0 Å². The van der Waals surface area contributed by atoms with Gasteiger partial charge in [0.1, 0.15) is 0 Å². The molecule has 1 fully saturated rings. The van der Waals surface area contributed by atoms with Crippen LogP contribution in [0.1, 0.15) is 32.6 Å². The summed E-state index contributed by atoms with van der Waals surface area (Å²) in [5, 5.41) is 15.4. The van der Waals surface area contributed by atoms with Gasteiger partial charge in [0.15, 0.2) is 5.82 Å². The van der Waals surface area contributed by atoms with Crippen molar-refractivity contribution in [3.8, 4) is 0 Å². The highest BCUT2D eigenvalue weighted by Crippen LogP contribution is 2.27. The van der Waals surface area contributed by atoms with Crippen LogP contribution in [0.5, 0.6) is 0 Å². The molecule has 8 nitrogen and oxygen atoms in total. The van der Waals surface area contributed by atoms with E-state index in [9.17, 15) is 4.79 Å². The molecule has 22 heavy (non-hydrogen) atoms. The van der Waals surface area contributed by atoms with E-state index in [0.29, 0.717) is 17.5 Å². The van der Waals surface area contributed by atoms with E-state index in [1.807, 2.05) is 6.92 Å². The highest BCUT2D eigenvalue weighted by atomic mass is 16.3. The van der Waals surface area contributed by atoms with Crippen LogP contribution in [0.3, 0.4) is 0 Å². The van der Waals surface area contributed by atoms with Crippen molar-refractivity contribution in [2.24, 2.45) is 11.7 Å². The summed E-state index contributed by atoms with van der Waals surface area (Å²) in [4.78, 5) is 19.6. The Morgan fingerprint density at radius 1 is 1.45 bits per heavy atom. The molecular formula is C14H24N6O2. The number of hydrogen-bond acceptors (Lipinski definition) is 7. The molecule has 122 valence electrons. The summed E-state index contributed by atoms with van der Waals surface area (Å²) in [7, 11) is 0. The van der Waals surface area contributed by atoms with E-state index in [1.54, 1.807) is 0 Å². The predicted molar refractivity (Wildman–Crippen MR) is 85.2 cm³/mol. The van der Waals surface area contributed by atoms with Crippen LogP contribution in [0, 0.1) is 5.92 Å². The van der Waals surface area contributed by atoms with Crippen molar-refractivity contribution in [2.45, 2.75) is 44.7 Å². The smallest absolute Gasteiger partial charge is 0.225 e. The second kappa shape index (κ2) is 7.26. The van der Waals surface area contributed by atoms with Gasteiger partial charge in [0.05, 0.1) is 18.5 Å². The predicted octanol–water partition coefficient (Wildman–Crippen LogP) is 0.307. The number of aliphatic hydroxyl groups excluding tert-OH is 1. The van der Waals surface area contributed by atoms with Crippen molar-refractivity contribution in [1.29, 1.82) is 0 Å². The normalized spacial score (nSPS) is 22.8. The Kier molecular flexibility index (Phi) is 5.37. The van der Waals surface area contributed by atoms with Gasteiger partial charge in [-0.2, -0.15) is 4.98 Å². The third kappa shape index (κ3) is 4.20. The zero-order valence-electron chi connectivity index (χ0n) is 12.7. The van der Waals surface area contributed by atoms with E-state index in [1.165, 1.54) is 6.20 Å². The minimum absolute atomic E-state index is 0.00632. The van der Waals surface area contributed by atoms with Crippen molar-refractivity contribution < 1.29 is 9.90 Å². The number of nitrogens with one attached hydrogen (secondary N) is 2. The Morgan fingerprint density at radius 3 is 2.73 bits per heavy atom. The van der Waals surface area contributed by atoms with E-state index in [-0.39, 0.29) is 30.5 Å². The van der Waals surface area contributed by atoms with E-state index in [2.05, 4.69) is 20.6 Å². The Labute approximate surface area is 129 Å². The fourth-order valence-electron chi connectivity index (χ4n) is 2.56. The first-order valence-corrected chi connectivity index (χ1v) is 7.55. The molecule has 1 atom stereocenters. The SMILES string of the molecule is CC(CO)Nc1ncc(N)c(NC2CCC(C(N)=O)CC2)n1. The van der Waals surface area contributed by atoms with E-state index in [0.717, 1.165) is 25.7 Å². The molecule has 1 saturated carbocycles. The summed E-state index contributed by atoms with van der Waals surface area (Å²) in [5.41, 5.74) is 11.7. The minimum Gasteiger partial charge on any atom is -0.394 e. The van der Waals surface area contributed by atoms with Gasteiger partial charge in [0.25, 0.3) is 0 Å². The zero-order valence-corrected chi connectivity index (χ0v) is 12.7. The number of nitrogen functional groups attached to an aromatic ring is 1. The van der Waals surface area contributed by atoms with Gasteiger partial charge in [-0.3, -0.25) is 4.79 Å². The van der Waals surface area contributed by atoms with Crippen molar-refractivity contribution in [3.05, 3.63) is 6.20 Å². The molecule has 1 aromatic heterocycles. The first-order valence-electron chi connectivity index (χ1n) is 7.55. The van der Waals surface area contributed by atoms with Crippen molar-refractivity contribution in [1.82, 2.24) is 9.97 Å². The highest BCUT2D eigenvalue weighted by molar-refractivity contribution is 5.76. The zero-order chi connectivity index (χ0) is 16.1. The molecule has 1 amide bonds. The quantitative estimate of drug-likeness (QED) is 0.509. The lowest BCUT2D eigenvalue weighted by atomic mass is 9.85. The van der Waals surface area contributed by atoms with Crippen molar-refractivity contribution >= 4 is 23.4 Å². The molecule has 0 spiro atoms. The number of anilines is 3. The molecule has 8 heteroatoms. The number of primary amides is 1. The average Bonchev–Trinajstić information content (AvgIpc) is 2.51. The van der Waals surface area contributed by atoms with Gasteiger partial charge in [-0.15, -0.1) is 0 Å². The van der Waals surface area contributed by atoms with Crippen LogP contribution in [0.25, 0.3) is 0 Å². The number of aliphatic hydroxyl groups is 1. The summed E-state index contributed by atoms with van der Waals surface area (Å²) in [6.07, 6.45) is 4.81. The monoisotopic (exact) mass is 308 g/mol. The first kappa shape index (κ1) is 16.3. The maximum Gasteiger partial charge on any atom is 0.225 e. The van der Waals surface area contributed by atoms with Crippen LogP contribution in [0.15, 0.2) is 6.20 Å². The summed E-state index contributed by atoms with van der Waals surface area (Å²) >= 11 is 0. The highest BCUT2D eigenvalue weighted by Gasteiger charge is 2.25. The molecule has 2 rings (SSSR count). The summed E-state index contributed by atoms with van der Waals surface area (Å²) in [6, 6.07) is 0.0818. The Balaban J connectivity index is 1.97. The number of nitrogens with zero attached hydrogens (tertiary/aromatic N) is 2. The van der Waals surface area contributed by atoms with Crippen molar-refractivity contribution in [2.75, 3.05) is 23.0 Å². The minimum atomic E-state index is -0.218. The van der Waals surface area contributed by atoms with Gasteiger partial charge in [0.2, 0.25) is 11.9 Å². The number of amides is 1. The van der Waals surface area contributed by atoms with Crippen LogP contribution in [-0.4, -0.2) is 39.7 Å². The molecule has 1 heterocycles. The third-order valence-corrected chi connectivity index (χ3v) is 3.94. The van der Waals surface area contributed by atoms with Crippen LogP contribution in [0.4, 0.5) is 17.5 Å². The number of carbonyl (C=O) groups is 1. The molecule has 0 aromatic carbocycles. The molecular weight excluding hydrogens is 284 g/mol. The molecule has 1 aliphatic carbocycles. The third-order valence-electron chi connectivity index (χ3n) is 3.94. The van der Waals surface area contributed by atoms with Crippen LogP contribution in [-0.2, 0) is 4.79 Å². The first-order chi connectivity index (χ1) is 10.5. The van der Waals surface area contributed by atoms with Gasteiger partial charge in [-0.05, 0) is 32.6 Å². The second-order valence-corrected chi connectivity index (χ2v) is 5.82. The van der Waals surface area contributed by atoms with Crippen LogP contribution in [0.2, 0.25) is 0 Å². The molecule has 0 bridgehead atoms. The molecule has 1 unspecified atom stereocenters. The maximum absolute atomic E-state index is 11.2. The van der Waals surface area contributed by atoms with Gasteiger partial charge in [0, 0.05) is 18.0 Å². The number of hydrogen-bond donors (Lipinski definition) is 5. The lowest BCUT2D eigenvalue weighted by Gasteiger charge is -2.28. The topological polar surface area (TPSA) is 139 Å². The number of aromatic nitrogens is 2. The Hall–Kier alpha value is -2.09. The standard InChI is InChI=1S/C14H24N6O2/c1-8(7-21)18-14-17-6-11(15)13(20-14)19-10-4-2-9(3-5-10)12(16)22/h6,8-10,21H,2-5,7,15H2,1H3,(H2,16,22)(H2,17,18,19,20). The molecule has 0 radical (unpaired) electrons. The lowest BCUT2D eigenvalue weighted by Crippen LogP contribution is -2.33. The fraction of sp³-hybridized carbons (Fsp3) is 0.643. The van der Waals surface area contributed by atoms with E-state index < -0.39 is 0 Å². The second-order valence-electron chi connectivity index (χ2n) is 5.82. The largest absolute Gasteiger partial charge is 0.394 e. The van der Waals surface area contributed by atoms with Crippen molar-refractivity contribution in [3.63, 3.8) is 0 Å². The lowest BCUT2D eigenvalue weighted by molar-refractivity contribution is -0.122. The fourth-order valence-corrected chi connectivity index (χ4v) is 2.56. The Bertz CT molecular complexity index is 516. The van der Waals surface area contributed by atoms with Crippen LogP contribution >= 0.6 is 0 Å². The summed E-state index contributed by atoms with van der Waals surface area (Å²) < 4.78 is 0. The molecule has 1 aromatic rings. The van der Waals surface area contributed by atoms with E-state index >= 15 is 0 Å². The summed E-state index contributed by atoms with van der Waals surface area (Å²) in [6.45, 7) is 1.82. The molecule has 7 N–H and O–H groups in total. The maximum atomic E-state index is 11.2. The molecule has 0 saturated heterocycles. The Morgan fingerprint density at radius 2 is 2.14 bits per heavy atom.